The highest BCUT2D eigenvalue weighted by atomic mass is 16.3. The highest BCUT2D eigenvalue weighted by molar-refractivity contribution is 5.79. The van der Waals surface area contributed by atoms with Crippen LogP contribution in [-0.4, -0.2) is 22.1 Å². The van der Waals surface area contributed by atoms with Gasteiger partial charge in [-0.25, -0.2) is 4.98 Å². The van der Waals surface area contributed by atoms with Crippen molar-refractivity contribution in [1.29, 1.82) is 0 Å². The number of benzene rings is 2. The van der Waals surface area contributed by atoms with Crippen LogP contribution in [0.25, 0.3) is 11.5 Å². The lowest BCUT2D eigenvalue weighted by molar-refractivity contribution is -0.122. The van der Waals surface area contributed by atoms with Gasteiger partial charge in [-0.2, -0.15) is 0 Å². The lowest BCUT2D eigenvalue weighted by atomic mass is 10.1. The molecule has 2 N–H and O–H groups in total. The average molecular weight is 334 g/mol. The summed E-state index contributed by atoms with van der Waals surface area (Å²) in [4.78, 5) is 16.7. The first-order chi connectivity index (χ1) is 12.2. The van der Waals surface area contributed by atoms with E-state index in [4.69, 9.17) is 4.42 Å². The third-order valence-corrected chi connectivity index (χ3v) is 4.43. The first-order valence-corrected chi connectivity index (χ1v) is 8.26. The number of carbonyl (C=O) groups is 1. The molecule has 4 rings (SSSR count). The maximum Gasteiger partial charge on any atom is 0.226 e. The second-order valence-corrected chi connectivity index (χ2v) is 6.20. The number of carbonyl (C=O) groups excluding carboxylic acids is 1. The fourth-order valence-corrected chi connectivity index (χ4v) is 3.24. The van der Waals surface area contributed by atoms with Gasteiger partial charge in [0.1, 0.15) is 6.26 Å². The summed E-state index contributed by atoms with van der Waals surface area (Å²) >= 11 is 0. The van der Waals surface area contributed by atoms with Crippen molar-refractivity contribution < 1.29 is 14.3 Å². The Balaban J connectivity index is 1.44. The van der Waals surface area contributed by atoms with E-state index in [0.29, 0.717) is 18.0 Å². The molecule has 2 atom stereocenters. The minimum absolute atomic E-state index is 0.113. The van der Waals surface area contributed by atoms with Crippen molar-refractivity contribution in [3.63, 3.8) is 0 Å². The Labute approximate surface area is 145 Å². The van der Waals surface area contributed by atoms with Gasteiger partial charge in [0.05, 0.1) is 24.3 Å². The van der Waals surface area contributed by atoms with Gasteiger partial charge in [0.25, 0.3) is 0 Å². The number of nitrogens with zero attached hydrogens (tertiary/aromatic N) is 1. The molecule has 1 aromatic heterocycles. The molecular weight excluding hydrogens is 316 g/mol. The highest BCUT2D eigenvalue weighted by Gasteiger charge is 2.31. The Morgan fingerprint density at radius 2 is 1.92 bits per heavy atom. The van der Waals surface area contributed by atoms with E-state index < -0.39 is 6.10 Å². The van der Waals surface area contributed by atoms with E-state index in [-0.39, 0.29) is 18.4 Å². The summed E-state index contributed by atoms with van der Waals surface area (Å²) in [6.45, 7) is 0. The van der Waals surface area contributed by atoms with E-state index in [1.54, 1.807) is 0 Å². The van der Waals surface area contributed by atoms with Crippen molar-refractivity contribution >= 4 is 5.91 Å². The van der Waals surface area contributed by atoms with Gasteiger partial charge in [-0.05, 0) is 23.3 Å². The van der Waals surface area contributed by atoms with Crippen LogP contribution in [0.5, 0.6) is 0 Å². The monoisotopic (exact) mass is 334 g/mol. The number of oxazole rings is 1. The molecule has 3 aromatic rings. The van der Waals surface area contributed by atoms with Crippen molar-refractivity contribution in [3.8, 4) is 11.5 Å². The number of rotatable bonds is 4. The molecule has 2 aromatic carbocycles. The maximum absolute atomic E-state index is 12.4. The molecule has 0 bridgehead atoms. The minimum atomic E-state index is -0.599. The van der Waals surface area contributed by atoms with Crippen LogP contribution in [0.3, 0.4) is 0 Å². The second-order valence-electron chi connectivity index (χ2n) is 6.20. The van der Waals surface area contributed by atoms with E-state index in [0.717, 1.165) is 16.7 Å². The molecule has 5 nitrogen and oxygen atoms in total. The van der Waals surface area contributed by atoms with Gasteiger partial charge >= 0.3 is 0 Å². The molecule has 1 aliphatic rings. The average Bonchev–Trinajstić information content (AvgIpc) is 3.21. The number of aliphatic hydroxyl groups is 1. The Bertz CT molecular complexity index is 889. The Morgan fingerprint density at radius 1 is 1.16 bits per heavy atom. The lowest BCUT2D eigenvalue weighted by Crippen LogP contribution is -2.34. The third-order valence-electron chi connectivity index (χ3n) is 4.43. The molecule has 0 fully saturated rings. The van der Waals surface area contributed by atoms with E-state index >= 15 is 0 Å². The van der Waals surface area contributed by atoms with Crippen LogP contribution in [0.15, 0.2) is 65.3 Å². The molecule has 0 radical (unpaired) electrons. The van der Waals surface area contributed by atoms with Crippen LogP contribution < -0.4 is 5.32 Å². The zero-order valence-corrected chi connectivity index (χ0v) is 13.6. The standard InChI is InChI=1S/C20H18N2O3/c23-17-10-14-8-4-5-9-16(14)19(17)22-18(24)11-15-12-25-20(21-15)13-6-2-1-3-7-13/h1-9,12,17,19,23H,10-11H2,(H,22,24). The van der Waals surface area contributed by atoms with Gasteiger partial charge in [-0.1, -0.05) is 42.5 Å². The van der Waals surface area contributed by atoms with Gasteiger partial charge in [-0.15, -0.1) is 0 Å². The van der Waals surface area contributed by atoms with Crippen molar-refractivity contribution in [2.24, 2.45) is 0 Å². The molecule has 0 saturated heterocycles. The molecular formula is C20H18N2O3. The fourth-order valence-electron chi connectivity index (χ4n) is 3.24. The zero-order chi connectivity index (χ0) is 17.2. The summed E-state index contributed by atoms with van der Waals surface area (Å²) in [7, 11) is 0. The second kappa shape index (κ2) is 6.53. The molecule has 126 valence electrons. The van der Waals surface area contributed by atoms with Gasteiger partial charge in [-0.3, -0.25) is 4.79 Å². The number of aromatic nitrogens is 1. The molecule has 0 spiro atoms. The summed E-state index contributed by atoms with van der Waals surface area (Å²) in [6.07, 6.45) is 1.57. The maximum atomic E-state index is 12.4. The molecule has 0 aliphatic heterocycles. The Morgan fingerprint density at radius 3 is 2.76 bits per heavy atom. The van der Waals surface area contributed by atoms with Crippen molar-refractivity contribution in [3.05, 3.63) is 77.7 Å². The summed E-state index contributed by atoms with van der Waals surface area (Å²) in [5.41, 5.74) is 3.49. The van der Waals surface area contributed by atoms with Gasteiger partial charge in [0.15, 0.2) is 0 Å². The summed E-state index contributed by atoms with van der Waals surface area (Å²) < 4.78 is 5.46. The quantitative estimate of drug-likeness (QED) is 0.769. The number of aliphatic hydroxyl groups excluding tert-OH is 1. The Kier molecular flexibility index (Phi) is 4.07. The number of hydrogen-bond acceptors (Lipinski definition) is 4. The largest absolute Gasteiger partial charge is 0.444 e. The first-order valence-electron chi connectivity index (χ1n) is 8.26. The first kappa shape index (κ1) is 15.6. The molecule has 0 saturated carbocycles. The molecule has 5 heteroatoms. The molecule has 1 amide bonds. The van der Waals surface area contributed by atoms with Crippen molar-refractivity contribution in [1.82, 2.24) is 10.3 Å². The van der Waals surface area contributed by atoms with Gasteiger partial charge in [0.2, 0.25) is 11.8 Å². The number of nitrogens with one attached hydrogen (secondary N) is 1. The lowest BCUT2D eigenvalue weighted by Gasteiger charge is -2.17. The number of fused-ring (bicyclic) bond motifs is 1. The van der Waals surface area contributed by atoms with E-state index in [1.807, 2.05) is 54.6 Å². The summed E-state index contributed by atoms with van der Waals surface area (Å²) in [6, 6.07) is 17.0. The van der Waals surface area contributed by atoms with Gasteiger partial charge < -0.3 is 14.8 Å². The molecule has 1 aliphatic carbocycles. The predicted octanol–water partition coefficient (Wildman–Crippen LogP) is 2.66. The topological polar surface area (TPSA) is 75.4 Å². The zero-order valence-electron chi connectivity index (χ0n) is 13.6. The molecule has 1 heterocycles. The van der Waals surface area contributed by atoms with E-state index in [1.165, 1.54) is 6.26 Å². The van der Waals surface area contributed by atoms with Crippen LogP contribution in [0.4, 0.5) is 0 Å². The molecule has 2 unspecified atom stereocenters. The van der Waals surface area contributed by atoms with Gasteiger partial charge in [0, 0.05) is 12.0 Å². The summed E-state index contributed by atoms with van der Waals surface area (Å²) in [5, 5.41) is 13.1. The summed E-state index contributed by atoms with van der Waals surface area (Å²) in [5.74, 6) is 0.309. The highest BCUT2D eigenvalue weighted by Crippen LogP contribution is 2.31. The number of hydrogen-bond donors (Lipinski definition) is 2. The normalized spacial score (nSPS) is 18.8. The van der Waals surface area contributed by atoms with Crippen molar-refractivity contribution in [2.45, 2.75) is 25.0 Å². The fraction of sp³-hybridized carbons (Fsp3) is 0.200. The minimum Gasteiger partial charge on any atom is -0.444 e. The SMILES string of the molecule is O=C(Cc1coc(-c2ccccc2)n1)NC1c2ccccc2CC1O. The Hall–Kier alpha value is -2.92. The number of amides is 1. The predicted molar refractivity (Wildman–Crippen MR) is 92.7 cm³/mol. The smallest absolute Gasteiger partial charge is 0.226 e. The van der Waals surface area contributed by atoms with Crippen LogP contribution in [0.2, 0.25) is 0 Å². The molecule has 25 heavy (non-hydrogen) atoms. The van der Waals surface area contributed by atoms with E-state index in [2.05, 4.69) is 10.3 Å². The van der Waals surface area contributed by atoms with Crippen LogP contribution in [0.1, 0.15) is 22.9 Å². The van der Waals surface area contributed by atoms with E-state index in [9.17, 15) is 9.90 Å². The van der Waals surface area contributed by atoms with Crippen LogP contribution >= 0.6 is 0 Å². The van der Waals surface area contributed by atoms with Crippen molar-refractivity contribution in [2.75, 3.05) is 0 Å². The van der Waals surface area contributed by atoms with Crippen LogP contribution in [-0.2, 0) is 17.6 Å². The third kappa shape index (κ3) is 3.19. The van der Waals surface area contributed by atoms with Crippen LogP contribution in [0, 0.1) is 0 Å².